The number of aromatic amines is 1. The third kappa shape index (κ3) is 3.76. The maximum Gasteiger partial charge on any atom is 0.271 e. The van der Waals surface area contributed by atoms with Crippen LogP contribution >= 0.6 is 0 Å². The Morgan fingerprint density at radius 2 is 2.04 bits per heavy atom. The van der Waals surface area contributed by atoms with Gasteiger partial charge in [0.05, 0.1) is 19.4 Å². The van der Waals surface area contributed by atoms with Crippen LogP contribution in [0.5, 0.6) is 11.5 Å². The van der Waals surface area contributed by atoms with Gasteiger partial charge in [-0.15, -0.1) is 0 Å². The average molecular weight is 329 g/mol. The molecule has 24 heavy (non-hydrogen) atoms. The topological polar surface area (TPSA) is 75.7 Å². The van der Waals surface area contributed by atoms with Crippen molar-refractivity contribution in [2.75, 3.05) is 13.7 Å². The minimum atomic E-state index is -0.304. The molecule has 1 heterocycles. The van der Waals surface area contributed by atoms with Gasteiger partial charge in [0.25, 0.3) is 5.91 Å². The highest BCUT2D eigenvalue weighted by atomic mass is 16.5. The van der Waals surface area contributed by atoms with Crippen molar-refractivity contribution in [3.05, 3.63) is 46.8 Å². The average Bonchev–Trinajstić information content (AvgIpc) is 2.91. The highest BCUT2D eigenvalue weighted by molar-refractivity contribution is 6.02. The number of amides is 1. The van der Waals surface area contributed by atoms with Crippen LogP contribution in [0.4, 0.5) is 0 Å². The van der Waals surface area contributed by atoms with E-state index in [-0.39, 0.29) is 5.91 Å². The molecule has 6 heteroatoms. The van der Waals surface area contributed by atoms with E-state index < -0.39 is 0 Å². The quantitative estimate of drug-likeness (QED) is 0.631. The van der Waals surface area contributed by atoms with Gasteiger partial charge in [-0.2, -0.15) is 5.10 Å². The molecule has 0 bridgehead atoms. The molecular formula is C18H23N3O3. The number of aromatic nitrogens is 1. The van der Waals surface area contributed by atoms with Crippen LogP contribution in [-0.4, -0.2) is 30.3 Å². The Bertz CT molecular complexity index is 743. The predicted molar refractivity (Wildman–Crippen MR) is 94.1 cm³/mol. The molecule has 0 aliphatic carbocycles. The molecule has 0 spiro atoms. The zero-order valence-electron chi connectivity index (χ0n) is 14.7. The lowest BCUT2D eigenvalue weighted by Crippen LogP contribution is -2.19. The summed E-state index contributed by atoms with van der Waals surface area (Å²) in [4.78, 5) is 15.4. The van der Waals surface area contributed by atoms with E-state index in [1.807, 2.05) is 33.9 Å². The summed E-state index contributed by atoms with van der Waals surface area (Å²) in [5, 5.41) is 4.20. The number of ether oxygens (including phenoxy) is 2. The van der Waals surface area contributed by atoms with Crippen LogP contribution in [0, 0.1) is 13.8 Å². The molecule has 0 saturated heterocycles. The Kier molecular flexibility index (Phi) is 5.63. The number of aryl methyl sites for hydroxylation is 2. The first kappa shape index (κ1) is 17.6. The number of benzene rings is 1. The van der Waals surface area contributed by atoms with Crippen molar-refractivity contribution in [1.82, 2.24) is 10.4 Å². The Labute approximate surface area is 141 Å². The maximum atomic E-state index is 12.3. The third-order valence-electron chi connectivity index (χ3n) is 3.69. The molecule has 2 rings (SSSR count). The largest absolute Gasteiger partial charge is 0.493 e. The molecule has 128 valence electrons. The molecule has 1 aromatic heterocycles. The first-order valence-corrected chi connectivity index (χ1v) is 7.78. The van der Waals surface area contributed by atoms with Crippen molar-refractivity contribution >= 4 is 11.6 Å². The van der Waals surface area contributed by atoms with E-state index in [1.165, 1.54) is 0 Å². The first-order valence-electron chi connectivity index (χ1n) is 7.78. The molecule has 0 unspecified atom stereocenters. The summed E-state index contributed by atoms with van der Waals surface area (Å²) < 4.78 is 10.7. The van der Waals surface area contributed by atoms with Crippen molar-refractivity contribution in [3.8, 4) is 11.5 Å². The number of nitrogens with one attached hydrogen (secondary N) is 2. The van der Waals surface area contributed by atoms with Crippen molar-refractivity contribution in [3.63, 3.8) is 0 Å². The number of carbonyl (C=O) groups excluding carboxylic acids is 1. The van der Waals surface area contributed by atoms with Crippen LogP contribution in [0.15, 0.2) is 29.5 Å². The van der Waals surface area contributed by atoms with E-state index >= 15 is 0 Å². The summed E-state index contributed by atoms with van der Waals surface area (Å²) in [6.45, 7) is 8.25. The number of hydrogen-bond acceptors (Lipinski definition) is 4. The Balaban J connectivity index is 2.16. The summed E-state index contributed by atoms with van der Waals surface area (Å²) >= 11 is 0. The third-order valence-corrected chi connectivity index (χ3v) is 3.69. The monoisotopic (exact) mass is 329 g/mol. The van der Waals surface area contributed by atoms with Crippen LogP contribution in [0.3, 0.4) is 0 Å². The van der Waals surface area contributed by atoms with E-state index in [9.17, 15) is 4.79 Å². The van der Waals surface area contributed by atoms with Crippen LogP contribution in [0.25, 0.3) is 0 Å². The van der Waals surface area contributed by atoms with E-state index in [4.69, 9.17) is 9.47 Å². The molecule has 0 atom stereocenters. The number of hydrazone groups is 1. The zero-order chi connectivity index (χ0) is 17.7. The van der Waals surface area contributed by atoms with Gasteiger partial charge in [-0.05, 0) is 51.5 Å². The van der Waals surface area contributed by atoms with E-state index in [0.717, 1.165) is 22.5 Å². The summed E-state index contributed by atoms with van der Waals surface area (Å²) in [5.41, 5.74) is 6.91. The van der Waals surface area contributed by atoms with E-state index in [1.54, 1.807) is 25.3 Å². The van der Waals surface area contributed by atoms with Crippen molar-refractivity contribution in [2.24, 2.45) is 5.10 Å². The summed E-state index contributed by atoms with van der Waals surface area (Å²) in [6.07, 6.45) is 1.92. The van der Waals surface area contributed by atoms with Gasteiger partial charge in [0, 0.05) is 23.0 Å². The maximum absolute atomic E-state index is 12.3. The van der Waals surface area contributed by atoms with Gasteiger partial charge < -0.3 is 14.5 Å². The minimum Gasteiger partial charge on any atom is -0.493 e. The molecular weight excluding hydrogens is 306 g/mol. The smallest absolute Gasteiger partial charge is 0.271 e. The number of carbonyl (C=O) groups is 1. The summed E-state index contributed by atoms with van der Waals surface area (Å²) in [7, 11) is 1.54. The van der Waals surface area contributed by atoms with Crippen LogP contribution in [-0.2, 0) is 0 Å². The number of methoxy groups -OCH3 is 1. The van der Waals surface area contributed by atoms with Crippen LogP contribution < -0.4 is 14.9 Å². The molecule has 0 saturated carbocycles. The molecule has 1 amide bonds. The Hall–Kier alpha value is -2.76. The number of hydrogen-bond donors (Lipinski definition) is 2. The van der Waals surface area contributed by atoms with Gasteiger partial charge in [-0.3, -0.25) is 4.79 Å². The molecule has 0 aliphatic heterocycles. The standard InChI is InChI=1S/C18H23N3O3/c1-6-24-15-8-7-14(9-16(15)23-5)18(22)21-20-13(4)17-11(2)10-19-12(17)3/h7-10,19H,6H2,1-5H3,(H,21,22)/b20-13+. The number of nitrogens with zero attached hydrogens (tertiary/aromatic N) is 1. The van der Waals surface area contributed by atoms with Gasteiger partial charge in [-0.25, -0.2) is 5.43 Å². The lowest BCUT2D eigenvalue weighted by atomic mass is 10.1. The fourth-order valence-electron chi connectivity index (χ4n) is 2.55. The lowest BCUT2D eigenvalue weighted by Gasteiger charge is -2.10. The van der Waals surface area contributed by atoms with Gasteiger partial charge in [0.1, 0.15) is 0 Å². The molecule has 2 N–H and O–H groups in total. The van der Waals surface area contributed by atoms with Gasteiger partial charge in [-0.1, -0.05) is 0 Å². The van der Waals surface area contributed by atoms with E-state index in [2.05, 4.69) is 15.5 Å². The summed E-state index contributed by atoms with van der Waals surface area (Å²) in [6, 6.07) is 5.03. The molecule has 0 aliphatic rings. The summed E-state index contributed by atoms with van der Waals surface area (Å²) in [5.74, 6) is 0.818. The van der Waals surface area contributed by atoms with Crippen molar-refractivity contribution in [1.29, 1.82) is 0 Å². The fourth-order valence-corrected chi connectivity index (χ4v) is 2.55. The van der Waals surface area contributed by atoms with E-state index in [0.29, 0.717) is 23.7 Å². The van der Waals surface area contributed by atoms with Gasteiger partial charge >= 0.3 is 0 Å². The fraction of sp³-hybridized carbons (Fsp3) is 0.333. The van der Waals surface area contributed by atoms with Gasteiger partial charge in [0.2, 0.25) is 0 Å². The SMILES string of the molecule is CCOc1ccc(C(=O)N/N=C(\C)c2c(C)c[nH]c2C)cc1OC. The number of H-pyrrole nitrogens is 1. The van der Waals surface area contributed by atoms with Gasteiger partial charge in [0.15, 0.2) is 11.5 Å². The second kappa shape index (κ2) is 7.68. The zero-order valence-corrected chi connectivity index (χ0v) is 14.7. The normalized spacial score (nSPS) is 11.3. The molecule has 0 radical (unpaired) electrons. The first-order chi connectivity index (χ1) is 11.5. The molecule has 2 aromatic rings. The molecule has 6 nitrogen and oxygen atoms in total. The molecule has 1 aromatic carbocycles. The Morgan fingerprint density at radius 3 is 2.62 bits per heavy atom. The Morgan fingerprint density at radius 1 is 1.29 bits per heavy atom. The number of rotatable bonds is 6. The van der Waals surface area contributed by atoms with Crippen LogP contribution in [0.2, 0.25) is 0 Å². The van der Waals surface area contributed by atoms with Crippen molar-refractivity contribution < 1.29 is 14.3 Å². The minimum absolute atomic E-state index is 0.304. The second-order valence-electron chi connectivity index (χ2n) is 5.41. The molecule has 0 fully saturated rings. The van der Waals surface area contributed by atoms with Crippen molar-refractivity contribution in [2.45, 2.75) is 27.7 Å². The predicted octanol–water partition coefficient (Wildman–Crippen LogP) is 3.19. The van der Waals surface area contributed by atoms with Crippen LogP contribution in [0.1, 0.15) is 41.0 Å². The highest BCUT2D eigenvalue weighted by Gasteiger charge is 2.12. The highest BCUT2D eigenvalue weighted by Crippen LogP contribution is 2.28. The lowest BCUT2D eigenvalue weighted by molar-refractivity contribution is 0.0954. The second-order valence-corrected chi connectivity index (χ2v) is 5.41.